The van der Waals surface area contributed by atoms with Crippen molar-refractivity contribution in [2.24, 2.45) is 0 Å². The quantitative estimate of drug-likeness (QED) is 0.724. The topological polar surface area (TPSA) is 62.7 Å². The van der Waals surface area contributed by atoms with E-state index in [4.69, 9.17) is 0 Å². The van der Waals surface area contributed by atoms with Gasteiger partial charge in [-0.25, -0.2) is 4.98 Å². The van der Waals surface area contributed by atoms with Crippen LogP contribution in [0.5, 0.6) is 0 Å². The Labute approximate surface area is 142 Å². The molecule has 0 saturated carbocycles. The van der Waals surface area contributed by atoms with Crippen molar-refractivity contribution >= 4 is 17.5 Å². The molecule has 0 bridgehead atoms. The Balaban J connectivity index is 1.74. The number of nitrogens with zero attached hydrogens (tertiary/aromatic N) is 3. The zero-order valence-electron chi connectivity index (χ0n) is 13.0. The third-order valence-corrected chi connectivity index (χ3v) is 3.30. The van der Waals surface area contributed by atoms with Gasteiger partial charge in [0.1, 0.15) is 5.82 Å². The van der Waals surface area contributed by atoms with Gasteiger partial charge >= 0.3 is 6.18 Å². The summed E-state index contributed by atoms with van der Waals surface area (Å²) in [5, 5.41) is 5.68. The Morgan fingerprint density at radius 2 is 1.68 bits per heavy atom. The number of nitrogens with one attached hydrogen (secondary N) is 2. The van der Waals surface area contributed by atoms with Crippen LogP contribution in [0.15, 0.2) is 60.9 Å². The number of hydrogen-bond acceptors (Lipinski definition) is 5. The molecule has 1 aromatic carbocycles. The summed E-state index contributed by atoms with van der Waals surface area (Å²) < 4.78 is 39.1. The van der Waals surface area contributed by atoms with Crippen LogP contribution in [0.2, 0.25) is 0 Å². The molecule has 3 aromatic rings. The smallest absolute Gasteiger partial charge is 0.349 e. The van der Waals surface area contributed by atoms with Gasteiger partial charge in [0.25, 0.3) is 0 Å². The Bertz CT molecular complexity index is 837. The number of aromatic nitrogens is 3. The molecule has 0 spiro atoms. The van der Waals surface area contributed by atoms with Gasteiger partial charge in [-0.1, -0.05) is 18.2 Å². The highest BCUT2D eigenvalue weighted by atomic mass is 19.4. The summed E-state index contributed by atoms with van der Waals surface area (Å²) in [6.45, 7) is 0.406. The first-order valence-corrected chi connectivity index (χ1v) is 7.42. The van der Waals surface area contributed by atoms with E-state index in [9.17, 15) is 13.2 Å². The molecular formula is C17H14F3N5. The fourth-order valence-corrected chi connectivity index (χ4v) is 2.16. The zero-order chi connectivity index (χ0) is 17.7. The molecule has 8 heteroatoms. The number of halogens is 3. The number of pyridine rings is 1. The predicted molar refractivity (Wildman–Crippen MR) is 88.3 cm³/mol. The minimum absolute atomic E-state index is 0.0654. The third kappa shape index (κ3) is 4.43. The van der Waals surface area contributed by atoms with Gasteiger partial charge in [0.15, 0.2) is 0 Å². The van der Waals surface area contributed by atoms with E-state index in [1.165, 1.54) is 30.5 Å². The molecular weight excluding hydrogens is 331 g/mol. The van der Waals surface area contributed by atoms with E-state index >= 15 is 0 Å². The lowest BCUT2D eigenvalue weighted by Crippen LogP contribution is -2.10. The summed E-state index contributed by atoms with van der Waals surface area (Å²) in [5.74, 6) is 0.551. The van der Waals surface area contributed by atoms with Gasteiger partial charge in [-0.3, -0.25) is 4.98 Å². The van der Waals surface area contributed by atoms with E-state index in [1.54, 1.807) is 6.20 Å². The molecule has 25 heavy (non-hydrogen) atoms. The van der Waals surface area contributed by atoms with E-state index in [2.05, 4.69) is 25.6 Å². The van der Waals surface area contributed by atoms with Gasteiger partial charge in [-0.15, -0.1) is 0 Å². The zero-order valence-corrected chi connectivity index (χ0v) is 13.0. The van der Waals surface area contributed by atoms with Crippen molar-refractivity contribution in [1.82, 2.24) is 15.0 Å². The second-order valence-electron chi connectivity index (χ2n) is 5.11. The molecule has 0 unspecified atom stereocenters. The fourth-order valence-electron chi connectivity index (χ4n) is 2.16. The summed E-state index contributed by atoms with van der Waals surface area (Å²) in [4.78, 5) is 12.4. The summed E-state index contributed by atoms with van der Waals surface area (Å²) >= 11 is 0. The van der Waals surface area contributed by atoms with Crippen LogP contribution in [0.3, 0.4) is 0 Å². The summed E-state index contributed by atoms with van der Waals surface area (Å²) in [5.41, 5.74) is -0.0205. The lowest BCUT2D eigenvalue weighted by Gasteiger charge is -2.14. The molecule has 2 aromatic heterocycles. The van der Waals surface area contributed by atoms with Crippen molar-refractivity contribution in [3.8, 4) is 0 Å². The molecule has 0 aliphatic rings. The van der Waals surface area contributed by atoms with Crippen molar-refractivity contribution < 1.29 is 13.2 Å². The van der Waals surface area contributed by atoms with Crippen LogP contribution in [0.25, 0.3) is 0 Å². The van der Waals surface area contributed by atoms with E-state index in [0.29, 0.717) is 12.5 Å². The fraction of sp³-hybridized carbons (Fsp3) is 0.118. The first kappa shape index (κ1) is 16.7. The minimum Gasteiger partial charge on any atom is -0.349 e. The molecule has 2 heterocycles. The highest BCUT2D eigenvalue weighted by Crippen LogP contribution is 2.35. The number of anilines is 3. The Morgan fingerprint density at radius 1 is 0.880 bits per heavy atom. The van der Waals surface area contributed by atoms with Crippen molar-refractivity contribution in [3.63, 3.8) is 0 Å². The van der Waals surface area contributed by atoms with Gasteiger partial charge in [0.05, 0.1) is 23.5 Å². The normalized spacial score (nSPS) is 11.2. The van der Waals surface area contributed by atoms with Crippen LogP contribution in [-0.2, 0) is 12.7 Å². The van der Waals surface area contributed by atoms with Crippen molar-refractivity contribution in [2.75, 3.05) is 10.6 Å². The molecule has 128 valence electrons. The van der Waals surface area contributed by atoms with E-state index in [0.717, 1.165) is 11.8 Å². The molecule has 3 rings (SSSR count). The van der Waals surface area contributed by atoms with Crippen LogP contribution in [0.4, 0.5) is 30.6 Å². The average Bonchev–Trinajstić information content (AvgIpc) is 2.61. The van der Waals surface area contributed by atoms with Crippen molar-refractivity contribution in [2.45, 2.75) is 12.7 Å². The van der Waals surface area contributed by atoms with Gasteiger partial charge in [0, 0.05) is 12.4 Å². The number of rotatable bonds is 5. The number of hydrogen-bond donors (Lipinski definition) is 2. The second kappa shape index (κ2) is 7.16. The largest absolute Gasteiger partial charge is 0.418 e. The minimum atomic E-state index is -4.45. The average molecular weight is 345 g/mol. The van der Waals surface area contributed by atoms with Gasteiger partial charge < -0.3 is 10.6 Å². The first-order valence-electron chi connectivity index (χ1n) is 7.42. The molecule has 5 nitrogen and oxygen atoms in total. The van der Waals surface area contributed by atoms with E-state index in [-0.39, 0.29) is 11.5 Å². The molecule has 0 atom stereocenters. The molecule has 0 aliphatic heterocycles. The van der Waals surface area contributed by atoms with Crippen LogP contribution in [0.1, 0.15) is 11.3 Å². The highest BCUT2D eigenvalue weighted by Gasteiger charge is 2.33. The molecule has 0 fully saturated rings. The summed E-state index contributed by atoms with van der Waals surface area (Å²) in [6.07, 6.45) is -1.31. The van der Waals surface area contributed by atoms with Crippen LogP contribution in [0, 0.1) is 0 Å². The lowest BCUT2D eigenvalue weighted by molar-refractivity contribution is -0.136. The van der Waals surface area contributed by atoms with Crippen LogP contribution < -0.4 is 10.6 Å². The molecule has 0 saturated heterocycles. The first-order chi connectivity index (χ1) is 12.0. The lowest BCUT2D eigenvalue weighted by atomic mass is 10.1. The Kier molecular flexibility index (Phi) is 4.78. The van der Waals surface area contributed by atoms with Crippen molar-refractivity contribution in [1.29, 1.82) is 0 Å². The van der Waals surface area contributed by atoms with Crippen LogP contribution >= 0.6 is 0 Å². The van der Waals surface area contributed by atoms with Gasteiger partial charge in [0.2, 0.25) is 5.95 Å². The number of alkyl halides is 3. The SMILES string of the molecule is FC(F)(F)c1ccccc1Nc1ccnc(NCc2ccccn2)n1. The second-order valence-corrected chi connectivity index (χ2v) is 5.11. The summed E-state index contributed by atoms with van der Waals surface area (Å²) in [6, 6.07) is 12.2. The van der Waals surface area contributed by atoms with E-state index < -0.39 is 11.7 Å². The maximum absolute atomic E-state index is 13.0. The molecule has 2 N–H and O–H groups in total. The maximum Gasteiger partial charge on any atom is 0.418 e. The Hall–Kier alpha value is -3.16. The van der Waals surface area contributed by atoms with Gasteiger partial charge in [-0.05, 0) is 30.3 Å². The highest BCUT2D eigenvalue weighted by molar-refractivity contribution is 5.61. The standard InChI is InChI=1S/C17H14F3N5/c18-17(19,20)13-6-1-2-7-14(13)24-15-8-10-22-16(25-15)23-11-12-5-3-4-9-21-12/h1-10H,11H2,(H2,22,23,24,25). The van der Waals surface area contributed by atoms with E-state index in [1.807, 2.05) is 18.2 Å². The molecule has 0 amide bonds. The Morgan fingerprint density at radius 3 is 2.44 bits per heavy atom. The maximum atomic E-state index is 13.0. The third-order valence-electron chi connectivity index (χ3n) is 3.30. The number of benzene rings is 1. The van der Waals surface area contributed by atoms with Crippen LogP contribution in [-0.4, -0.2) is 15.0 Å². The predicted octanol–water partition coefficient (Wildman–Crippen LogP) is 4.25. The van der Waals surface area contributed by atoms with Gasteiger partial charge in [-0.2, -0.15) is 18.2 Å². The number of para-hydroxylation sites is 1. The summed E-state index contributed by atoms with van der Waals surface area (Å²) in [7, 11) is 0. The monoisotopic (exact) mass is 345 g/mol. The van der Waals surface area contributed by atoms with Crippen molar-refractivity contribution in [3.05, 3.63) is 72.2 Å². The molecule has 0 aliphatic carbocycles. The molecule has 0 radical (unpaired) electrons.